The van der Waals surface area contributed by atoms with Crippen molar-refractivity contribution in [3.63, 3.8) is 0 Å². The van der Waals surface area contributed by atoms with E-state index in [0.29, 0.717) is 0 Å². The fourth-order valence-electron chi connectivity index (χ4n) is 2.68. The molecule has 164 valence electrons. The predicted molar refractivity (Wildman–Crippen MR) is 113 cm³/mol. The van der Waals surface area contributed by atoms with Crippen molar-refractivity contribution in [2.75, 3.05) is 20.8 Å². The third kappa shape index (κ3) is 7.87. The van der Waals surface area contributed by atoms with Crippen LogP contribution in [0.2, 0.25) is 0 Å². The van der Waals surface area contributed by atoms with E-state index in [4.69, 9.17) is 20.6 Å². The van der Waals surface area contributed by atoms with Crippen LogP contribution < -0.4 is 0 Å². The Morgan fingerprint density at radius 1 is 0.871 bits per heavy atom. The Bertz CT molecular complexity index is 829. The van der Waals surface area contributed by atoms with Gasteiger partial charge in [0.25, 0.3) is 6.10 Å². The van der Waals surface area contributed by atoms with Crippen LogP contribution in [0.1, 0.15) is 11.1 Å². The highest BCUT2D eigenvalue weighted by Crippen LogP contribution is 2.14. The molecule has 31 heavy (non-hydrogen) atoms. The van der Waals surface area contributed by atoms with Crippen LogP contribution in [0.3, 0.4) is 0 Å². The van der Waals surface area contributed by atoms with Crippen LogP contribution in [0, 0.1) is 12.3 Å². The highest BCUT2D eigenvalue weighted by Gasteiger charge is 2.35. The molecule has 0 aliphatic carbocycles. The summed E-state index contributed by atoms with van der Waals surface area (Å²) in [6, 6.07) is 18.9. The zero-order valence-electron chi connectivity index (χ0n) is 17.6. The molecule has 0 fully saturated rings. The molecular formula is C24H26O7. The van der Waals surface area contributed by atoms with Crippen molar-refractivity contribution in [3.05, 3.63) is 71.8 Å². The van der Waals surface area contributed by atoms with Gasteiger partial charge in [-0.15, -0.1) is 6.42 Å². The molecule has 0 aliphatic rings. The molecule has 0 heterocycles. The average Bonchev–Trinajstić information content (AvgIpc) is 2.82. The number of hydrogen-bond donors (Lipinski definition) is 0. The summed E-state index contributed by atoms with van der Waals surface area (Å²) in [6.45, 7) is 0.482. The molecule has 0 bridgehead atoms. The number of terminal acetylenes is 1. The van der Waals surface area contributed by atoms with E-state index < -0.39 is 30.3 Å². The van der Waals surface area contributed by atoms with Gasteiger partial charge in [0.2, 0.25) is 0 Å². The summed E-state index contributed by atoms with van der Waals surface area (Å²) in [6.07, 6.45) is 2.23. The number of hydrogen-bond acceptors (Lipinski definition) is 7. The summed E-state index contributed by atoms with van der Waals surface area (Å²) < 4.78 is 26.6. The van der Waals surface area contributed by atoms with Gasteiger partial charge in [-0.2, -0.15) is 0 Å². The van der Waals surface area contributed by atoms with Gasteiger partial charge in [-0.25, -0.2) is 9.59 Å². The first-order valence-corrected chi connectivity index (χ1v) is 9.63. The Hall–Kier alpha value is -3.18. The molecule has 2 rings (SSSR count). The second-order valence-corrected chi connectivity index (χ2v) is 6.49. The first-order valence-electron chi connectivity index (χ1n) is 9.63. The van der Waals surface area contributed by atoms with Gasteiger partial charge >= 0.3 is 11.9 Å². The number of esters is 2. The number of ether oxygens (including phenoxy) is 5. The maximum absolute atomic E-state index is 12.1. The topological polar surface area (TPSA) is 80.3 Å². The van der Waals surface area contributed by atoms with Gasteiger partial charge in [0.05, 0.1) is 34.0 Å². The molecule has 7 nitrogen and oxygen atoms in total. The molecule has 0 amide bonds. The molecule has 0 N–H and O–H groups in total. The van der Waals surface area contributed by atoms with Gasteiger partial charge in [0.1, 0.15) is 12.2 Å². The molecule has 0 saturated heterocycles. The number of carbonyl (C=O) groups is 2. The SMILES string of the molecule is C#C[C@H](OCc1ccccc1)[C@@H](COCc1ccccc1)OC(C(=O)OC)C(=O)OC. The Kier molecular flexibility index (Phi) is 10.3. The predicted octanol–water partition coefficient (Wildman–Crippen LogP) is 2.52. The zero-order valence-corrected chi connectivity index (χ0v) is 17.6. The van der Waals surface area contributed by atoms with Gasteiger partial charge in [-0.3, -0.25) is 0 Å². The van der Waals surface area contributed by atoms with E-state index in [1.165, 1.54) is 0 Å². The number of benzene rings is 2. The normalized spacial score (nSPS) is 12.6. The molecule has 0 aromatic heterocycles. The van der Waals surface area contributed by atoms with Gasteiger partial charge in [0, 0.05) is 0 Å². The number of methoxy groups -OCH3 is 2. The van der Waals surface area contributed by atoms with Gasteiger partial charge < -0.3 is 23.7 Å². The summed E-state index contributed by atoms with van der Waals surface area (Å²) in [5, 5.41) is 0. The minimum absolute atomic E-state index is 0.0248. The molecule has 0 aliphatic heterocycles. The van der Waals surface area contributed by atoms with Crippen LogP contribution in [-0.4, -0.2) is 51.1 Å². The monoisotopic (exact) mass is 426 g/mol. The van der Waals surface area contributed by atoms with Crippen molar-refractivity contribution in [3.8, 4) is 12.3 Å². The van der Waals surface area contributed by atoms with Crippen molar-refractivity contribution in [2.45, 2.75) is 31.5 Å². The van der Waals surface area contributed by atoms with E-state index in [2.05, 4.69) is 15.4 Å². The highest BCUT2D eigenvalue weighted by atomic mass is 16.6. The Morgan fingerprint density at radius 3 is 1.87 bits per heavy atom. The van der Waals surface area contributed by atoms with Crippen LogP contribution in [0.25, 0.3) is 0 Å². The lowest BCUT2D eigenvalue weighted by Gasteiger charge is -2.26. The van der Waals surface area contributed by atoms with Crippen LogP contribution in [0.5, 0.6) is 0 Å². The first-order chi connectivity index (χ1) is 15.1. The molecule has 2 atom stereocenters. The van der Waals surface area contributed by atoms with Crippen molar-refractivity contribution < 1.29 is 33.3 Å². The molecule has 2 aromatic rings. The molecule has 0 unspecified atom stereocenters. The van der Waals surface area contributed by atoms with Gasteiger partial charge in [-0.1, -0.05) is 66.6 Å². The highest BCUT2D eigenvalue weighted by molar-refractivity contribution is 5.97. The maximum atomic E-state index is 12.1. The molecule has 0 saturated carbocycles. The number of rotatable bonds is 12. The standard InChI is InChI=1S/C24H26O7/c1-4-20(30-16-19-13-9-6-10-14-19)21(17-29-15-18-11-7-5-8-12-18)31-22(23(25)27-2)24(26)28-3/h1,5-14,20-22H,15-17H2,2-3H3/t20-,21+/m0/s1. The van der Waals surface area contributed by atoms with E-state index in [9.17, 15) is 9.59 Å². The van der Waals surface area contributed by atoms with E-state index in [1.54, 1.807) is 0 Å². The fourth-order valence-corrected chi connectivity index (χ4v) is 2.68. The quantitative estimate of drug-likeness (QED) is 0.293. The van der Waals surface area contributed by atoms with Gasteiger partial charge in [0.15, 0.2) is 0 Å². The Labute approximate surface area is 182 Å². The second-order valence-electron chi connectivity index (χ2n) is 6.49. The molecule has 0 radical (unpaired) electrons. The maximum Gasteiger partial charge on any atom is 0.346 e. The summed E-state index contributed by atoms with van der Waals surface area (Å²) in [5.41, 5.74) is 1.85. The van der Waals surface area contributed by atoms with Gasteiger partial charge in [-0.05, 0) is 11.1 Å². The van der Waals surface area contributed by atoms with Crippen LogP contribution in [0.15, 0.2) is 60.7 Å². The lowest BCUT2D eigenvalue weighted by atomic mass is 10.2. The van der Waals surface area contributed by atoms with Crippen molar-refractivity contribution in [2.24, 2.45) is 0 Å². The molecule has 2 aromatic carbocycles. The lowest BCUT2D eigenvalue weighted by molar-refractivity contribution is -0.183. The zero-order chi connectivity index (χ0) is 22.5. The Morgan fingerprint density at radius 2 is 1.39 bits per heavy atom. The van der Waals surface area contributed by atoms with Crippen LogP contribution >= 0.6 is 0 Å². The van der Waals surface area contributed by atoms with Crippen LogP contribution in [-0.2, 0) is 46.5 Å². The lowest BCUT2D eigenvalue weighted by Crippen LogP contribution is -2.44. The van der Waals surface area contributed by atoms with E-state index in [0.717, 1.165) is 25.3 Å². The minimum Gasteiger partial charge on any atom is -0.467 e. The largest absolute Gasteiger partial charge is 0.467 e. The van der Waals surface area contributed by atoms with E-state index in [-0.39, 0.29) is 19.8 Å². The molecular weight excluding hydrogens is 400 g/mol. The second kappa shape index (κ2) is 13.2. The molecule has 0 spiro atoms. The fraction of sp³-hybridized carbons (Fsp3) is 0.333. The summed E-state index contributed by atoms with van der Waals surface area (Å²) in [5.74, 6) is 0.701. The Balaban J connectivity index is 2.12. The average molecular weight is 426 g/mol. The van der Waals surface area contributed by atoms with E-state index in [1.807, 2.05) is 60.7 Å². The summed E-state index contributed by atoms with van der Waals surface area (Å²) in [4.78, 5) is 24.1. The van der Waals surface area contributed by atoms with Crippen LogP contribution in [0.4, 0.5) is 0 Å². The van der Waals surface area contributed by atoms with Crippen molar-refractivity contribution >= 4 is 11.9 Å². The number of carbonyl (C=O) groups excluding carboxylic acids is 2. The molecule has 7 heteroatoms. The minimum atomic E-state index is -1.61. The summed E-state index contributed by atoms with van der Waals surface area (Å²) in [7, 11) is 2.29. The van der Waals surface area contributed by atoms with Crippen molar-refractivity contribution in [1.29, 1.82) is 0 Å². The first kappa shape index (κ1) is 24.1. The summed E-state index contributed by atoms with van der Waals surface area (Å²) >= 11 is 0. The third-order valence-electron chi connectivity index (χ3n) is 4.31. The van der Waals surface area contributed by atoms with E-state index >= 15 is 0 Å². The van der Waals surface area contributed by atoms with Crippen molar-refractivity contribution in [1.82, 2.24) is 0 Å². The smallest absolute Gasteiger partial charge is 0.346 e. The third-order valence-corrected chi connectivity index (χ3v) is 4.31.